The van der Waals surface area contributed by atoms with E-state index in [9.17, 15) is 0 Å². The number of hydrogen-bond donors (Lipinski definition) is 2. The SMILES string of the molecule is CC[C@@H](N)c1cncn1-c1ccc(CCO)cc1. The largest absolute Gasteiger partial charge is 0.396 e. The predicted molar refractivity (Wildman–Crippen MR) is 71.6 cm³/mol. The number of aromatic nitrogens is 2. The van der Waals surface area contributed by atoms with Crippen molar-refractivity contribution < 1.29 is 5.11 Å². The molecule has 0 unspecified atom stereocenters. The van der Waals surface area contributed by atoms with Gasteiger partial charge in [-0.05, 0) is 30.5 Å². The number of hydrogen-bond acceptors (Lipinski definition) is 3. The van der Waals surface area contributed by atoms with Gasteiger partial charge in [-0.2, -0.15) is 0 Å². The smallest absolute Gasteiger partial charge is 0.0994 e. The lowest BCUT2D eigenvalue weighted by Gasteiger charge is -2.13. The Labute approximate surface area is 107 Å². The van der Waals surface area contributed by atoms with Gasteiger partial charge in [0.25, 0.3) is 0 Å². The van der Waals surface area contributed by atoms with Crippen LogP contribution in [0.5, 0.6) is 0 Å². The monoisotopic (exact) mass is 245 g/mol. The molecule has 4 heteroatoms. The molecule has 0 saturated heterocycles. The van der Waals surface area contributed by atoms with Gasteiger partial charge in [0, 0.05) is 18.3 Å². The van der Waals surface area contributed by atoms with Crippen molar-refractivity contribution in [2.45, 2.75) is 25.8 Å². The topological polar surface area (TPSA) is 64.1 Å². The molecule has 2 rings (SSSR count). The molecular weight excluding hydrogens is 226 g/mol. The summed E-state index contributed by atoms with van der Waals surface area (Å²) in [7, 11) is 0. The van der Waals surface area contributed by atoms with E-state index in [0.717, 1.165) is 23.4 Å². The number of aliphatic hydroxyl groups excluding tert-OH is 1. The van der Waals surface area contributed by atoms with Crippen LogP contribution in [0.2, 0.25) is 0 Å². The zero-order valence-electron chi connectivity index (χ0n) is 10.6. The van der Waals surface area contributed by atoms with Crippen LogP contribution in [0.15, 0.2) is 36.8 Å². The first-order chi connectivity index (χ1) is 8.76. The fraction of sp³-hybridized carbons (Fsp3) is 0.357. The first kappa shape index (κ1) is 12.8. The maximum atomic E-state index is 8.89. The molecule has 0 aliphatic rings. The first-order valence-corrected chi connectivity index (χ1v) is 6.24. The number of aliphatic hydroxyl groups is 1. The van der Waals surface area contributed by atoms with Gasteiger partial charge in [-0.15, -0.1) is 0 Å². The van der Waals surface area contributed by atoms with Crippen LogP contribution in [0.1, 0.15) is 30.6 Å². The predicted octanol–water partition coefficient (Wildman–Crippen LogP) is 1.82. The van der Waals surface area contributed by atoms with Crippen molar-refractivity contribution in [3.8, 4) is 5.69 Å². The molecule has 0 radical (unpaired) electrons. The Balaban J connectivity index is 2.28. The Morgan fingerprint density at radius 2 is 2.06 bits per heavy atom. The van der Waals surface area contributed by atoms with Crippen molar-refractivity contribution in [2.24, 2.45) is 5.73 Å². The minimum atomic E-state index is 0.00428. The molecule has 1 atom stereocenters. The van der Waals surface area contributed by atoms with Gasteiger partial charge in [0.05, 0.1) is 18.2 Å². The van der Waals surface area contributed by atoms with Crippen molar-refractivity contribution in [1.82, 2.24) is 9.55 Å². The molecule has 0 amide bonds. The molecule has 1 aromatic heterocycles. The van der Waals surface area contributed by atoms with E-state index in [1.54, 1.807) is 6.33 Å². The Morgan fingerprint density at radius 1 is 1.33 bits per heavy atom. The van der Waals surface area contributed by atoms with E-state index in [4.69, 9.17) is 10.8 Å². The molecule has 1 aromatic carbocycles. The lowest BCUT2D eigenvalue weighted by atomic mass is 10.1. The highest BCUT2D eigenvalue weighted by Crippen LogP contribution is 2.18. The fourth-order valence-corrected chi connectivity index (χ4v) is 1.96. The second kappa shape index (κ2) is 5.80. The normalized spacial score (nSPS) is 12.6. The Bertz CT molecular complexity index is 490. The molecular formula is C14H19N3O. The molecule has 0 saturated carbocycles. The molecule has 0 aliphatic carbocycles. The van der Waals surface area contributed by atoms with Crippen LogP contribution in [0.25, 0.3) is 5.69 Å². The number of nitrogens with two attached hydrogens (primary N) is 1. The molecule has 4 nitrogen and oxygen atoms in total. The zero-order chi connectivity index (χ0) is 13.0. The van der Waals surface area contributed by atoms with Crippen LogP contribution in [0.4, 0.5) is 0 Å². The lowest BCUT2D eigenvalue weighted by molar-refractivity contribution is 0.299. The van der Waals surface area contributed by atoms with Gasteiger partial charge in [-0.3, -0.25) is 0 Å². The van der Waals surface area contributed by atoms with Crippen LogP contribution < -0.4 is 5.73 Å². The quantitative estimate of drug-likeness (QED) is 0.844. The summed E-state index contributed by atoms with van der Waals surface area (Å²) >= 11 is 0. The number of benzene rings is 1. The van der Waals surface area contributed by atoms with Crippen molar-refractivity contribution in [1.29, 1.82) is 0 Å². The molecule has 18 heavy (non-hydrogen) atoms. The minimum Gasteiger partial charge on any atom is -0.396 e. The third kappa shape index (κ3) is 2.60. The number of nitrogens with zero attached hydrogens (tertiary/aromatic N) is 2. The van der Waals surface area contributed by atoms with Gasteiger partial charge >= 0.3 is 0 Å². The molecule has 2 aromatic rings. The van der Waals surface area contributed by atoms with E-state index < -0.39 is 0 Å². The van der Waals surface area contributed by atoms with Crippen molar-refractivity contribution in [2.75, 3.05) is 6.61 Å². The second-order valence-corrected chi connectivity index (χ2v) is 4.34. The Kier molecular flexibility index (Phi) is 4.12. The van der Waals surface area contributed by atoms with Gasteiger partial charge in [0.1, 0.15) is 0 Å². The highest BCUT2D eigenvalue weighted by molar-refractivity contribution is 5.36. The summed E-state index contributed by atoms with van der Waals surface area (Å²) in [6.45, 7) is 2.24. The summed E-state index contributed by atoms with van der Waals surface area (Å²) in [5.74, 6) is 0. The summed E-state index contributed by atoms with van der Waals surface area (Å²) in [4.78, 5) is 4.17. The van der Waals surface area contributed by atoms with Gasteiger partial charge in [-0.25, -0.2) is 4.98 Å². The number of rotatable bonds is 5. The van der Waals surface area contributed by atoms with E-state index in [1.165, 1.54) is 0 Å². The van der Waals surface area contributed by atoms with Crippen LogP contribution in [-0.4, -0.2) is 21.3 Å². The third-order valence-corrected chi connectivity index (χ3v) is 3.10. The molecule has 1 heterocycles. The summed E-state index contributed by atoms with van der Waals surface area (Å²) in [6.07, 6.45) is 5.17. The Morgan fingerprint density at radius 3 is 2.67 bits per heavy atom. The standard InChI is InChI=1S/C14H19N3O/c1-2-13(15)14-9-16-10-17(14)12-5-3-11(4-6-12)7-8-18/h3-6,9-10,13,18H,2,7-8,15H2,1H3/t13-/m1/s1. The van der Waals surface area contributed by atoms with Crippen molar-refractivity contribution >= 4 is 0 Å². The van der Waals surface area contributed by atoms with Gasteiger partial charge in [0.15, 0.2) is 0 Å². The fourth-order valence-electron chi connectivity index (χ4n) is 1.96. The third-order valence-electron chi connectivity index (χ3n) is 3.10. The van der Waals surface area contributed by atoms with Gasteiger partial charge in [-0.1, -0.05) is 19.1 Å². The Hall–Kier alpha value is -1.65. The van der Waals surface area contributed by atoms with Crippen molar-refractivity contribution in [3.05, 3.63) is 48.0 Å². The average molecular weight is 245 g/mol. The lowest BCUT2D eigenvalue weighted by Crippen LogP contribution is -2.13. The maximum Gasteiger partial charge on any atom is 0.0994 e. The van der Waals surface area contributed by atoms with Gasteiger partial charge < -0.3 is 15.4 Å². The second-order valence-electron chi connectivity index (χ2n) is 4.34. The summed E-state index contributed by atoms with van der Waals surface area (Å²) in [5, 5.41) is 8.89. The van der Waals surface area contributed by atoms with E-state index >= 15 is 0 Å². The van der Waals surface area contributed by atoms with Crippen LogP contribution in [0.3, 0.4) is 0 Å². The van der Waals surface area contributed by atoms with E-state index in [1.807, 2.05) is 35.0 Å². The van der Waals surface area contributed by atoms with E-state index in [0.29, 0.717) is 6.42 Å². The van der Waals surface area contributed by atoms with E-state index in [-0.39, 0.29) is 12.6 Å². The van der Waals surface area contributed by atoms with Crippen LogP contribution >= 0.6 is 0 Å². The molecule has 0 aliphatic heterocycles. The highest BCUT2D eigenvalue weighted by Gasteiger charge is 2.10. The van der Waals surface area contributed by atoms with Gasteiger partial charge in [0.2, 0.25) is 0 Å². The minimum absolute atomic E-state index is 0.00428. The summed E-state index contributed by atoms with van der Waals surface area (Å²) < 4.78 is 2.01. The van der Waals surface area contributed by atoms with E-state index in [2.05, 4.69) is 11.9 Å². The van der Waals surface area contributed by atoms with Crippen LogP contribution in [-0.2, 0) is 6.42 Å². The molecule has 3 N–H and O–H groups in total. The number of imidazole rings is 1. The molecule has 0 bridgehead atoms. The average Bonchev–Trinajstić information content (AvgIpc) is 2.88. The summed E-state index contributed by atoms with van der Waals surface area (Å²) in [5.41, 5.74) is 9.26. The first-order valence-electron chi connectivity index (χ1n) is 6.24. The summed E-state index contributed by atoms with van der Waals surface area (Å²) in [6, 6.07) is 8.10. The maximum absolute atomic E-state index is 8.89. The molecule has 96 valence electrons. The molecule has 0 fully saturated rings. The highest BCUT2D eigenvalue weighted by atomic mass is 16.2. The zero-order valence-corrected chi connectivity index (χ0v) is 10.6. The molecule has 0 spiro atoms. The van der Waals surface area contributed by atoms with Crippen LogP contribution in [0, 0.1) is 0 Å². The van der Waals surface area contributed by atoms with Crippen molar-refractivity contribution in [3.63, 3.8) is 0 Å².